The second-order valence-corrected chi connectivity index (χ2v) is 6.29. The number of hydrogen-bond donors (Lipinski definition) is 2. The third-order valence-corrected chi connectivity index (χ3v) is 4.25. The number of carbonyl (C=O) groups is 2. The SMILES string of the molecule is Cc1ccc(NC(=O)c2cccc(NC(=O)c3ccc(F)cc3)c2)cc1C. The van der Waals surface area contributed by atoms with Gasteiger partial charge in [-0.1, -0.05) is 12.1 Å². The maximum Gasteiger partial charge on any atom is 0.255 e. The number of benzene rings is 3. The number of carbonyl (C=O) groups excluding carboxylic acids is 2. The fourth-order valence-electron chi connectivity index (χ4n) is 2.57. The van der Waals surface area contributed by atoms with E-state index in [1.54, 1.807) is 24.3 Å². The molecule has 27 heavy (non-hydrogen) atoms. The zero-order valence-corrected chi connectivity index (χ0v) is 15.0. The van der Waals surface area contributed by atoms with Gasteiger partial charge in [-0.25, -0.2) is 4.39 Å². The van der Waals surface area contributed by atoms with Crippen LogP contribution in [0, 0.1) is 19.7 Å². The summed E-state index contributed by atoms with van der Waals surface area (Å²) in [7, 11) is 0. The van der Waals surface area contributed by atoms with E-state index in [-0.39, 0.29) is 11.8 Å². The minimum atomic E-state index is -0.406. The molecular weight excluding hydrogens is 343 g/mol. The van der Waals surface area contributed by atoms with E-state index in [2.05, 4.69) is 10.6 Å². The van der Waals surface area contributed by atoms with Crippen molar-refractivity contribution in [3.8, 4) is 0 Å². The molecular formula is C22H19FN2O2. The summed E-state index contributed by atoms with van der Waals surface area (Å²) >= 11 is 0. The number of rotatable bonds is 4. The highest BCUT2D eigenvalue weighted by atomic mass is 19.1. The topological polar surface area (TPSA) is 58.2 Å². The molecule has 0 radical (unpaired) electrons. The van der Waals surface area contributed by atoms with E-state index in [1.165, 1.54) is 24.3 Å². The van der Waals surface area contributed by atoms with Crippen molar-refractivity contribution in [3.63, 3.8) is 0 Å². The van der Waals surface area contributed by atoms with Crippen molar-refractivity contribution in [2.75, 3.05) is 10.6 Å². The van der Waals surface area contributed by atoms with Crippen LogP contribution in [0.5, 0.6) is 0 Å². The Morgan fingerprint density at radius 2 is 1.33 bits per heavy atom. The predicted octanol–water partition coefficient (Wildman–Crippen LogP) is 4.95. The molecule has 2 amide bonds. The van der Waals surface area contributed by atoms with E-state index in [0.29, 0.717) is 22.5 Å². The van der Waals surface area contributed by atoms with Crippen LogP contribution in [0.3, 0.4) is 0 Å². The molecule has 0 bridgehead atoms. The number of nitrogens with one attached hydrogen (secondary N) is 2. The summed E-state index contributed by atoms with van der Waals surface area (Å²) in [5, 5.41) is 5.56. The van der Waals surface area contributed by atoms with Crippen LogP contribution in [-0.2, 0) is 0 Å². The molecule has 0 aliphatic rings. The Balaban J connectivity index is 1.72. The molecule has 0 atom stereocenters. The number of halogens is 1. The standard InChI is InChI=1S/C22H19FN2O2/c1-14-6-11-20(12-15(14)2)25-22(27)17-4-3-5-19(13-17)24-21(26)16-7-9-18(23)10-8-16/h3-13H,1-2H3,(H,24,26)(H,25,27). The summed E-state index contributed by atoms with van der Waals surface area (Å²) in [5.74, 6) is -1.05. The normalized spacial score (nSPS) is 10.3. The highest BCUT2D eigenvalue weighted by molar-refractivity contribution is 6.07. The molecule has 0 unspecified atom stereocenters. The molecule has 0 saturated heterocycles. The first kappa shape index (κ1) is 18.3. The zero-order chi connectivity index (χ0) is 19.4. The van der Waals surface area contributed by atoms with Crippen molar-refractivity contribution in [2.24, 2.45) is 0 Å². The summed E-state index contributed by atoms with van der Waals surface area (Å²) in [5.41, 5.74) is 4.19. The molecule has 2 N–H and O–H groups in total. The van der Waals surface area contributed by atoms with Gasteiger partial charge in [0.2, 0.25) is 0 Å². The molecule has 3 aromatic rings. The monoisotopic (exact) mass is 362 g/mol. The Hall–Kier alpha value is -3.47. The van der Waals surface area contributed by atoms with E-state index < -0.39 is 5.82 Å². The first-order chi connectivity index (χ1) is 12.9. The van der Waals surface area contributed by atoms with E-state index in [1.807, 2.05) is 32.0 Å². The van der Waals surface area contributed by atoms with Crippen LogP contribution in [-0.4, -0.2) is 11.8 Å². The fourth-order valence-corrected chi connectivity index (χ4v) is 2.57. The minimum absolute atomic E-state index is 0.267. The first-order valence-corrected chi connectivity index (χ1v) is 8.48. The van der Waals surface area contributed by atoms with Gasteiger partial charge in [-0.15, -0.1) is 0 Å². The molecule has 0 fully saturated rings. The quantitative estimate of drug-likeness (QED) is 0.690. The minimum Gasteiger partial charge on any atom is -0.322 e. The highest BCUT2D eigenvalue weighted by Crippen LogP contribution is 2.17. The summed E-state index contributed by atoms with van der Waals surface area (Å²) in [6.07, 6.45) is 0. The highest BCUT2D eigenvalue weighted by Gasteiger charge is 2.10. The second-order valence-electron chi connectivity index (χ2n) is 6.29. The molecule has 0 aromatic heterocycles. The number of aryl methyl sites for hydroxylation is 2. The van der Waals surface area contributed by atoms with Crippen LogP contribution < -0.4 is 10.6 Å². The third kappa shape index (κ3) is 4.58. The second kappa shape index (κ2) is 7.83. The van der Waals surface area contributed by atoms with Gasteiger partial charge < -0.3 is 10.6 Å². The first-order valence-electron chi connectivity index (χ1n) is 8.48. The Labute approximate surface area is 157 Å². The molecule has 0 aliphatic heterocycles. The molecule has 0 aliphatic carbocycles. The lowest BCUT2D eigenvalue weighted by Crippen LogP contribution is -2.14. The van der Waals surface area contributed by atoms with Gasteiger partial charge in [0.1, 0.15) is 5.82 Å². The summed E-state index contributed by atoms with van der Waals surface area (Å²) < 4.78 is 13.0. The largest absolute Gasteiger partial charge is 0.322 e. The molecule has 5 heteroatoms. The van der Waals surface area contributed by atoms with Gasteiger partial charge in [-0.3, -0.25) is 9.59 Å². The van der Waals surface area contributed by atoms with Crippen molar-refractivity contribution >= 4 is 23.2 Å². The van der Waals surface area contributed by atoms with Gasteiger partial charge in [-0.05, 0) is 79.6 Å². The molecule has 0 heterocycles. The average molecular weight is 362 g/mol. The van der Waals surface area contributed by atoms with Crippen molar-refractivity contribution in [3.05, 3.63) is 94.8 Å². The van der Waals surface area contributed by atoms with Crippen molar-refractivity contribution in [2.45, 2.75) is 13.8 Å². The number of anilines is 2. The lowest BCUT2D eigenvalue weighted by molar-refractivity contribution is 0.101. The van der Waals surface area contributed by atoms with E-state index in [9.17, 15) is 14.0 Å². The average Bonchev–Trinajstić information content (AvgIpc) is 2.65. The Morgan fingerprint density at radius 3 is 2.00 bits per heavy atom. The fraction of sp³-hybridized carbons (Fsp3) is 0.0909. The van der Waals surface area contributed by atoms with E-state index in [0.717, 1.165) is 11.1 Å². The maximum atomic E-state index is 13.0. The van der Waals surface area contributed by atoms with Gasteiger partial charge in [0.25, 0.3) is 11.8 Å². The molecule has 0 saturated carbocycles. The third-order valence-electron chi connectivity index (χ3n) is 4.25. The van der Waals surface area contributed by atoms with Crippen LogP contribution in [0.25, 0.3) is 0 Å². The van der Waals surface area contributed by atoms with Gasteiger partial charge in [0.15, 0.2) is 0 Å². The molecule has 4 nitrogen and oxygen atoms in total. The zero-order valence-electron chi connectivity index (χ0n) is 15.0. The molecule has 0 spiro atoms. The van der Waals surface area contributed by atoms with Gasteiger partial charge in [-0.2, -0.15) is 0 Å². The van der Waals surface area contributed by atoms with Crippen LogP contribution in [0.2, 0.25) is 0 Å². The number of amides is 2. The summed E-state index contributed by atoms with van der Waals surface area (Å²) in [4.78, 5) is 24.7. The Bertz CT molecular complexity index is 997. The number of hydrogen-bond acceptors (Lipinski definition) is 2. The predicted molar refractivity (Wildman–Crippen MR) is 105 cm³/mol. The summed E-state index contributed by atoms with van der Waals surface area (Å²) in [6.45, 7) is 3.99. The van der Waals surface area contributed by atoms with Gasteiger partial charge >= 0.3 is 0 Å². The van der Waals surface area contributed by atoms with Crippen LogP contribution in [0.15, 0.2) is 66.7 Å². The van der Waals surface area contributed by atoms with Crippen LogP contribution in [0.4, 0.5) is 15.8 Å². The molecule has 3 rings (SSSR count). The molecule has 3 aromatic carbocycles. The maximum absolute atomic E-state index is 13.0. The van der Waals surface area contributed by atoms with Crippen molar-refractivity contribution in [1.82, 2.24) is 0 Å². The lowest BCUT2D eigenvalue weighted by Gasteiger charge is -2.10. The lowest BCUT2D eigenvalue weighted by atomic mass is 10.1. The van der Waals surface area contributed by atoms with Gasteiger partial charge in [0, 0.05) is 22.5 Å². The summed E-state index contributed by atoms with van der Waals surface area (Å²) in [6, 6.07) is 17.6. The Morgan fingerprint density at radius 1 is 0.704 bits per heavy atom. The Kier molecular flexibility index (Phi) is 5.31. The van der Waals surface area contributed by atoms with E-state index in [4.69, 9.17) is 0 Å². The van der Waals surface area contributed by atoms with Crippen LogP contribution >= 0.6 is 0 Å². The van der Waals surface area contributed by atoms with E-state index >= 15 is 0 Å². The van der Waals surface area contributed by atoms with Crippen molar-refractivity contribution in [1.29, 1.82) is 0 Å². The van der Waals surface area contributed by atoms with Crippen LogP contribution in [0.1, 0.15) is 31.8 Å². The smallest absolute Gasteiger partial charge is 0.255 e. The molecule has 136 valence electrons. The van der Waals surface area contributed by atoms with Crippen molar-refractivity contribution < 1.29 is 14.0 Å². The van der Waals surface area contributed by atoms with Gasteiger partial charge in [0.05, 0.1) is 0 Å².